The van der Waals surface area contributed by atoms with Crippen LogP contribution in [-0.2, 0) is 0 Å². The fourth-order valence-corrected chi connectivity index (χ4v) is 2.38. The van der Waals surface area contributed by atoms with Crippen molar-refractivity contribution in [2.45, 2.75) is 12.3 Å². The number of halogens is 3. The predicted octanol–water partition coefficient (Wildman–Crippen LogP) is 5.14. The minimum atomic E-state index is -0.582. The van der Waals surface area contributed by atoms with Crippen LogP contribution >= 0.6 is 27.5 Å². The van der Waals surface area contributed by atoms with E-state index in [1.165, 1.54) is 6.07 Å². The quantitative estimate of drug-likeness (QED) is 0.758. The summed E-state index contributed by atoms with van der Waals surface area (Å²) in [5, 5.41) is 2.44. The maximum absolute atomic E-state index is 13.9. The van der Waals surface area contributed by atoms with Gasteiger partial charge in [-0.05, 0) is 46.6 Å². The third-order valence-corrected chi connectivity index (χ3v) is 3.68. The van der Waals surface area contributed by atoms with Gasteiger partial charge < -0.3 is 5.32 Å². The molecule has 0 aromatic heterocycles. The van der Waals surface area contributed by atoms with Gasteiger partial charge >= 0.3 is 0 Å². The molecule has 5 heteroatoms. The van der Waals surface area contributed by atoms with Crippen molar-refractivity contribution in [3.05, 3.63) is 63.9 Å². The average molecular weight is 357 g/mol. The molecule has 2 nitrogen and oxygen atoms in total. The molecule has 0 saturated heterocycles. The lowest BCUT2D eigenvalue weighted by Gasteiger charge is -2.13. The molecule has 0 aliphatic rings. The molecule has 1 amide bonds. The van der Waals surface area contributed by atoms with E-state index in [1.54, 1.807) is 24.3 Å². The summed E-state index contributed by atoms with van der Waals surface area (Å²) in [5.74, 6) is -1.09. The molecule has 2 rings (SSSR count). The fourth-order valence-electron chi connectivity index (χ4n) is 1.83. The Morgan fingerprint density at radius 3 is 2.65 bits per heavy atom. The summed E-state index contributed by atoms with van der Waals surface area (Å²) in [4.78, 5) is 12.1. The van der Waals surface area contributed by atoms with E-state index in [1.807, 2.05) is 19.1 Å². The normalized spacial score (nSPS) is 12.0. The Morgan fingerprint density at radius 2 is 1.95 bits per heavy atom. The van der Waals surface area contributed by atoms with Gasteiger partial charge in [-0.15, -0.1) is 11.6 Å². The number of amides is 1. The highest BCUT2D eigenvalue weighted by Gasteiger charge is 2.16. The Morgan fingerprint density at radius 1 is 1.25 bits per heavy atom. The molecule has 1 unspecified atom stereocenters. The molecule has 0 bridgehead atoms. The molecule has 0 fully saturated rings. The first-order chi connectivity index (χ1) is 9.50. The van der Waals surface area contributed by atoms with Gasteiger partial charge in [0.05, 0.1) is 15.4 Å². The lowest BCUT2D eigenvalue weighted by atomic mass is 10.1. The van der Waals surface area contributed by atoms with Crippen LogP contribution in [0.25, 0.3) is 0 Å². The molecule has 0 aliphatic carbocycles. The maximum atomic E-state index is 13.9. The van der Waals surface area contributed by atoms with Crippen molar-refractivity contribution < 1.29 is 9.18 Å². The van der Waals surface area contributed by atoms with Gasteiger partial charge in [0.2, 0.25) is 0 Å². The molecule has 104 valence electrons. The second-order valence-corrected chi connectivity index (χ2v) is 5.77. The number of carbonyl (C=O) groups excluding carboxylic acids is 1. The number of anilines is 1. The van der Waals surface area contributed by atoms with Crippen molar-refractivity contribution in [2.24, 2.45) is 0 Å². The standard InChI is InChI=1S/C15H12BrClFNO/c1-9(17)10-5-2-3-8-13(10)19-15(20)11-6-4-7-12(16)14(11)18/h2-9H,1H3,(H,19,20). The van der Waals surface area contributed by atoms with Gasteiger partial charge in [0, 0.05) is 5.69 Å². The van der Waals surface area contributed by atoms with Crippen LogP contribution < -0.4 is 5.32 Å². The minimum Gasteiger partial charge on any atom is -0.322 e. The van der Waals surface area contributed by atoms with Crippen LogP contribution in [0.4, 0.5) is 10.1 Å². The van der Waals surface area contributed by atoms with Crippen LogP contribution in [0.2, 0.25) is 0 Å². The number of para-hydroxylation sites is 1. The number of hydrogen-bond donors (Lipinski definition) is 1. The van der Waals surface area contributed by atoms with Crippen LogP contribution in [-0.4, -0.2) is 5.91 Å². The highest BCUT2D eigenvalue weighted by atomic mass is 79.9. The molecular formula is C15H12BrClFNO. The maximum Gasteiger partial charge on any atom is 0.258 e. The van der Waals surface area contributed by atoms with E-state index in [2.05, 4.69) is 21.2 Å². The van der Waals surface area contributed by atoms with E-state index in [4.69, 9.17) is 11.6 Å². The molecule has 0 radical (unpaired) electrons. The first-order valence-electron chi connectivity index (χ1n) is 5.99. The van der Waals surface area contributed by atoms with Crippen molar-refractivity contribution in [2.75, 3.05) is 5.32 Å². The third kappa shape index (κ3) is 3.19. The SMILES string of the molecule is CC(Cl)c1ccccc1NC(=O)c1cccc(Br)c1F. The Kier molecular flexibility index (Phi) is 4.78. The van der Waals surface area contributed by atoms with Crippen LogP contribution in [0.15, 0.2) is 46.9 Å². The third-order valence-electron chi connectivity index (χ3n) is 2.83. The van der Waals surface area contributed by atoms with E-state index in [0.717, 1.165) is 5.56 Å². The van der Waals surface area contributed by atoms with Gasteiger partial charge in [-0.1, -0.05) is 24.3 Å². The monoisotopic (exact) mass is 355 g/mol. The van der Waals surface area contributed by atoms with Crippen molar-refractivity contribution in [1.29, 1.82) is 0 Å². The zero-order chi connectivity index (χ0) is 14.7. The summed E-state index contributed by atoms with van der Waals surface area (Å²) in [6.07, 6.45) is 0. The summed E-state index contributed by atoms with van der Waals surface area (Å²) in [7, 11) is 0. The molecule has 1 atom stereocenters. The second kappa shape index (κ2) is 6.37. The largest absolute Gasteiger partial charge is 0.322 e. The summed E-state index contributed by atoms with van der Waals surface area (Å²) < 4.78 is 14.1. The fraction of sp³-hybridized carbons (Fsp3) is 0.133. The van der Waals surface area contributed by atoms with Gasteiger partial charge in [-0.3, -0.25) is 4.79 Å². The van der Waals surface area contributed by atoms with E-state index >= 15 is 0 Å². The lowest BCUT2D eigenvalue weighted by Crippen LogP contribution is -2.15. The van der Waals surface area contributed by atoms with Crippen molar-refractivity contribution >= 4 is 39.1 Å². The number of benzene rings is 2. The second-order valence-electron chi connectivity index (χ2n) is 4.26. The summed E-state index contributed by atoms with van der Waals surface area (Å²) in [6.45, 7) is 1.81. The molecule has 0 saturated carbocycles. The molecule has 20 heavy (non-hydrogen) atoms. The van der Waals surface area contributed by atoms with Gasteiger partial charge in [0.15, 0.2) is 0 Å². The Labute approximate surface area is 130 Å². The summed E-state index contributed by atoms with van der Waals surface area (Å²) in [5.41, 5.74) is 1.36. The van der Waals surface area contributed by atoms with Crippen LogP contribution in [0, 0.1) is 5.82 Å². The first kappa shape index (κ1) is 15.0. The van der Waals surface area contributed by atoms with Gasteiger partial charge in [-0.25, -0.2) is 4.39 Å². The Hall–Kier alpha value is -1.39. The molecule has 2 aromatic rings. The van der Waals surface area contributed by atoms with Gasteiger partial charge in [0.1, 0.15) is 5.82 Å². The number of carbonyl (C=O) groups is 1. The zero-order valence-electron chi connectivity index (χ0n) is 10.7. The van der Waals surface area contributed by atoms with E-state index in [9.17, 15) is 9.18 Å². The molecule has 0 spiro atoms. The Bertz CT molecular complexity index is 646. The molecule has 2 aromatic carbocycles. The Balaban J connectivity index is 2.31. The van der Waals surface area contributed by atoms with Crippen LogP contribution in [0.5, 0.6) is 0 Å². The number of nitrogens with one attached hydrogen (secondary N) is 1. The number of hydrogen-bond acceptors (Lipinski definition) is 1. The van der Waals surface area contributed by atoms with Crippen molar-refractivity contribution in [3.63, 3.8) is 0 Å². The predicted molar refractivity (Wildman–Crippen MR) is 82.8 cm³/mol. The van der Waals surface area contributed by atoms with Crippen molar-refractivity contribution in [3.8, 4) is 0 Å². The minimum absolute atomic E-state index is 0.0172. The lowest BCUT2D eigenvalue weighted by molar-refractivity contribution is 0.102. The number of alkyl halides is 1. The molecular weight excluding hydrogens is 345 g/mol. The van der Waals surface area contributed by atoms with E-state index in [-0.39, 0.29) is 15.4 Å². The van der Waals surface area contributed by atoms with Crippen molar-refractivity contribution in [1.82, 2.24) is 0 Å². The summed E-state index contributed by atoms with van der Waals surface area (Å²) in [6, 6.07) is 11.8. The summed E-state index contributed by atoms with van der Waals surface area (Å²) >= 11 is 9.12. The zero-order valence-corrected chi connectivity index (χ0v) is 13.0. The molecule has 0 heterocycles. The average Bonchev–Trinajstić information content (AvgIpc) is 2.42. The molecule has 0 aliphatic heterocycles. The van der Waals surface area contributed by atoms with E-state index in [0.29, 0.717) is 5.69 Å². The highest BCUT2D eigenvalue weighted by Crippen LogP contribution is 2.28. The first-order valence-corrected chi connectivity index (χ1v) is 7.22. The highest BCUT2D eigenvalue weighted by molar-refractivity contribution is 9.10. The smallest absolute Gasteiger partial charge is 0.258 e. The van der Waals surface area contributed by atoms with Crippen LogP contribution in [0.1, 0.15) is 28.2 Å². The van der Waals surface area contributed by atoms with Gasteiger partial charge in [-0.2, -0.15) is 0 Å². The van der Waals surface area contributed by atoms with Crippen LogP contribution in [0.3, 0.4) is 0 Å². The number of rotatable bonds is 3. The van der Waals surface area contributed by atoms with Gasteiger partial charge in [0.25, 0.3) is 5.91 Å². The van der Waals surface area contributed by atoms with E-state index < -0.39 is 11.7 Å². The topological polar surface area (TPSA) is 29.1 Å². The molecule has 1 N–H and O–H groups in total.